The van der Waals surface area contributed by atoms with Crippen LogP contribution in [0.3, 0.4) is 0 Å². The summed E-state index contributed by atoms with van der Waals surface area (Å²) in [6.07, 6.45) is 5.50. The van der Waals surface area contributed by atoms with Crippen LogP contribution in [0.4, 0.5) is 0 Å². The van der Waals surface area contributed by atoms with E-state index < -0.39 is 5.41 Å². The topological polar surface area (TPSA) is 63.4 Å². The predicted molar refractivity (Wildman–Crippen MR) is 108 cm³/mol. The van der Waals surface area contributed by atoms with Crippen molar-refractivity contribution in [3.05, 3.63) is 47.3 Å². The molecule has 1 saturated carbocycles. The lowest BCUT2D eigenvalue weighted by molar-refractivity contribution is -0.135. The molecule has 1 saturated heterocycles. The summed E-state index contributed by atoms with van der Waals surface area (Å²) in [5, 5.41) is 2.07. The number of nitrogens with two attached hydrogens (primary N) is 1. The zero-order valence-corrected chi connectivity index (χ0v) is 16.3. The van der Waals surface area contributed by atoms with Gasteiger partial charge < -0.3 is 10.6 Å². The molecule has 1 aliphatic heterocycles. The van der Waals surface area contributed by atoms with Crippen LogP contribution in [0.15, 0.2) is 41.8 Å². The highest BCUT2D eigenvalue weighted by Gasteiger charge is 2.45. The molecule has 2 aromatic rings. The maximum atomic E-state index is 12.8. The molecule has 0 radical (unpaired) electrons. The fourth-order valence-corrected chi connectivity index (χ4v) is 5.32. The molecule has 0 bridgehead atoms. The van der Waals surface area contributed by atoms with Gasteiger partial charge in [0.25, 0.3) is 0 Å². The van der Waals surface area contributed by atoms with E-state index in [0.717, 1.165) is 31.2 Å². The van der Waals surface area contributed by atoms with E-state index in [9.17, 15) is 9.59 Å². The first-order valence-electron chi connectivity index (χ1n) is 9.79. The third-order valence-electron chi connectivity index (χ3n) is 6.17. The van der Waals surface area contributed by atoms with Gasteiger partial charge in [-0.2, -0.15) is 0 Å². The molecular formula is C22H26N2O2S. The van der Waals surface area contributed by atoms with Crippen molar-refractivity contribution in [1.29, 1.82) is 0 Å². The number of carbonyl (C=O) groups is 2. The van der Waals surface area contributed by atoms with E-state index in [1.807, 2.05) is 17.0 Å². The van der Waals surface area contributed by atoms with E-state index in [1.54, 1.807) is 11.3 Å². The van der Waals surface area contributed by atoms with Gasteiger partial charge in [0.15, 0.2) is 0 Å². The molecule has 2 amide bonds. The molecule has 2 aliphatic rings. The smallest absolute Gasteiger partial charge is 0.225 e. The molecule has 1 unspecified atom stereocenters. The van der Waals surface area contributed by atoms with Gasteiger partial charge in [0, 0.05) is 23.9 Å². The van der Waals surface area contributed by atoms with Crippen LogP contribution in [0.5, 0.6) is 0 Å². The Morgan fingerprint density at radius 2 is 2.00 bits per heavy atom. The lowest BCUT2D eigenvalue weighted by Crippen LogP contribution is -2.43. The van der Waals surface area contributed by atoms with Crippen LogP contribution in [0.2, 0.25) is 0 Å². The van der Waals surface area contributed by atoms with E-state index in [2.05, 4.69) is 29.6 Å². The summed E-state index contributed by atoms with van der Waals surface area (Å²) in [6, 6.07) is 12.5. The molecule has 2 fully saturated rings. The van der Waals surface area contributed by atoms with Crippen molar-refractivity contribution in [3.8, 4) is 10.4 Å². The number of carbonyl (C=O) groups excluding carboxylic acids is 2. The fourth-order valence-electron chi connectivity index (χ4n) is 4.59. The zero-order valence-electron chi connectivity index (χ0n) is 15.5. The average Bonchev–Trinajstić information content (AvgIpc) is 3.42. The molecule has 2 N–H and O–H groups in total. The van der Waals surface area contributed by atoms with Crippen molar-refractivity contribution in [1.82, 2.24) is 4.90 Å². The van der Waals surface area contributed by atoms with Crippen molar-refractivity contribution >= 4 is 23.2 Å². The molecule has 27 heavy (non-hydrogen) atoms. The van der Waals surface area contributed by atoms with Gasteiger partial charge in [-0.25, -0.2) is 0 Å². The number of rotatable bonds is 5. The summed E-state index contributed by atoms with van der Waals surface area (Å²) in [5.41, 5.74) is 7.48. The Morgan fingerprint density at radius 1 is 1.19 bits per heavy atom. The van der Waals surface area contributed by atoms with Gasteiger partial charge in [0.05, 0.1) is 5.41 Å². The lowest BCUT2D eigenvalue weighted by Gasteiger charge is -2.27. The highest BCUT2D eigenvalue weighted by atomic mass is 32.1. The summed E-state index contributed by atoms with van der Waals surface area (Å²) in [6.45, 7) is 1.10. The maximum absolute atomic E-state index is 12.8. The van der Waals surface area contributed by atoms with Gasteiger partial charge in [0.2, 0.25) is 11.8 Å². The fraction of sp³-hybridized carbons (Fsp3) is 0.455. The Balaban J connectivity index is 1.53. The predicted octanol–water partition coefficient (Wildman–Crippen LogP) is 3.85. The first kappa shape index (κ1) is 18.2. The monoisotopic (exact) mass is 382 g/mol. The van der Waals surface area contributed by atoms with E-state index >= 15 is 0 Å². The number of thiophene rings is 1. The van der Waals surface area contributed by atoms with Crippen molar-refractivity contribution in [3.63, 3.8) is 0 Å². The highest BCUT2D eigenvalue weighted by molar-refractivity contribution is 7.13. The van der Waals surface area contributed by atoms with Crippen molar-refractivity contribution in [2.45, 2.75) is 38.5 Å². The Hall–Kier alpha value is -2.14. The minimum Gasteiger partial charge on any atom is -0.369 e. The lowest BCUT2D eigenvalue weighted by atomic mass is 9.80. The Bertz CT molecular complexity index is 827. The van der Waals surface area contributed by atoms with Gasteiger partial charge in [-0.05, 0) is 48.3 Å². The van der Waals surface area contributed by atoms with E-state index in [1.165, 1.54) is 10.4 Å². The normalized spacial score (nSPS) is 23.0. The summed E-state index contributed by atoms with van der Waals surface area (Å²) in [4.78, 5) is 28.3. The molecular weight excluding hydrogens is 356 g/mol. The maximum Gasteiger partial charge on any atom is 0.225 e. The molecule has 4 rings (SSSR count). The first-order valence-corrected chi connectivity index (χ1v) is 10.7. The van der Waals surface area contributed by atoms with Crippen LogP contribution in [0.1, 0.15) is 37.7 Å². The van der Waals surface area contributed by atoms with Gasteiger partial charge in [-0.3, -0.25) is 9.59 Å². The molecule has 2 heterocycles. The van der Waals surface area contributed by atoms with E-state index in [4.69, 9.17) is 5.73 Å². The van der Waals surface area contributed by atoms with E-state index in [-0.39, 0.29) is 17.7 Å². The Labute approximate surface area is 164 Å². The van der Waals surface area contributed by atoms with Crippen LogP contribution < -0.4 is 5.73 Å². The highest BCUT2D eigenvalue weighted by Crippen LogP contribution is 2.37. The quantitative estimate of drug-likeness (QED) is 0.854. The molecule has 1 aromatic carbocycles. The van der Waals surface area contributed by atoms with Crippen LogP contribution in [0.25, 0.3) is 10.4 Å². The Kier molecular flexibility index (Phi) is 5.04. The Morgan fingerprint density at radius 3 is 2.70 bits per heavy atom. The number of hydrogen-bond acceptors (Lipinski definition) is 3. The number of primary amides is 1. The third-order valence-corrected chi connectivity index (χ3v) is 7.09. The molecule has 0 spiro atoms. The molecule has 142 valence electrons. The van der Waals surface area contributed by atoms with Gasteiger partial charge in [-0.1, -0.05) is 43.2 Å². The molecule has 1 atom stereocenters. The zero-order chi connectivity index (χ0) is 18.9. The van der Waals surface area contributed by atoms with Crippen molar-refractivity contribution < 1.29 is 9.59 Å². The molecule has 1 aliphatic carbocycles. The summed E-state index contributed by atoms with van der Waals surface area (Å²) in [5.74, 6) is 0.0875. The van der Waals surface area contributed by atoms with Gasteiger partial charge in [-0.15, -0.1) is 11.3 Å². The average molecular weight is 383 g/mol. The summed E-state index contributed by atoms with van der Waals surface area (Å²) in [7, 11) is 0. The number of hydrogen-bond donors (Lipinski definition) is 1. The minimum absolute atomic E-state index is 0.149. The van der Waals surface area contributed by atoms with E-state index in [0.29, 0.717) is 25.9 Å². The second-order valence-corrected chi connectivity index (χ2v) is 8.94. The molecule has 1 aromatic heterocycles. The SMILES string of the molecule is NC(=O)C1(Cc2cccc(-c3cccs3)c2)CCN(C(=O)C2CCCC2)C1. The number of amides is 2. The minimum atomic E-state index is -0.650. The van der Waals surface area contributed by atoms with Crippen LogP contribution in [0, 0.1) is 11.3 Å². The first-order chi connectivity index (χ1) is 13.1. The molecule has 5 heteroatoms. The molecule has 4 nitrogen and oxygen atoms in total. The number of likely N-dealkylation sites (tertiary alicyclic amines) is 1. The number of nitrogens with zero attached hydrogens (tertiary/aromatic N) is 1. The van der Waals surface area contributed by atoms with Crippen LogP contribution in [-0.4, -0.2) is 29.8 Å². The van der Waals surface area contributed by atoms with Gasteiger partial charge >= 0.3 is 0 Å². The van der Waals surface area contributed by atoms with Gasteiger partial charge in [0.1, 0.15) is 0 Å². The second kappa shape index (κ2) is 7.47. The summed E-state index contributed by atoms with van der Waals surface area (Å²) >= 11 is 1.71. The van der Waals surface area contributed by atoms with Crippen LogP contribution in [-0.2, 0) is 16.0 Å². The standard InChI is InChI=1S/C22H26N2O2S/c23-21(26)22(10-11-24(15-22)20(25)17-6-1-2-7-17)14-16-5-3-8-18(13-16)19-9-4-12-27-19/h3-5,8-9,12-13,17H,1-2,6-7,10-11,14-15H2,(H2,23,26). The third kappa shape index (κ3) is 3.65. The second-order valence-electron chi connectivity index (χ2n) is 7.99. The van der Waals surface area contributed by atoms with Crippen LogP contribution >= 0.6 is 11.3 Å². The largest absolute Gasteiger partial charge is 0.369 e. The van der Waals surface area contributed by atoms with Crippen molar-refractivity contribution in [2.24, 2.45) is 17.1 Å². The number of benzene rings is 1. The summed E-state index contributed by atoms with van der Waals surface area (Å²) < 4.78 is 0. The van der Waals surface area contributed by atoms with Crippen molar-refractivity contribution in [2.75, 3.05) is 13.1 Å².